The van der Waals surface area contributed by atoms with Gasteiger partial charge in [0.15, 0.2) is 5.16 Å². The predicted octanol–water partition coefficient (Wildman–Crippen LogP) is 2.71. The van der Waals surface area contributed by atoms with E-state index in [9.17, 15) is 9.59 Å². The zero-order chi connectivity index (χ0) is 18.5. The van der Waals surface area contributed by atoms with Crippen molar-refractivity contribution in [2.45, 2.75) is 37.4 Å². The van der Waals surface area contributed by atoms with Crippen LogP contribution in [0.4, 0.5) is 0 Å². The van der Waals surface area contributed by atoms with E-state index in [1.807, 2.05) is 30.0 Å². The zero-order valence-corrected chi connectivity index (χ0v) is 16.1. The predicted molar refractivity (Wildman–Crippen MR) is 104 cm³/mol. The van der Waals surface area contributed by atoms with Gasteiger partial charge in [0.1, 0.15) is 0 Å². The van der Waals surface area contributed by atoms with Gasteiger partial charge in [-0.3, -0.25) is 14.2 Å². The number of amides is 1. The number of piperidine rings is 1. The van der Waals surface area contributed by atoms with Gasteiger partial charge >= 0.3 is 0 Å². The van der Waals surface area contributed by atoms with E-state index in [1.165, 1.54) is 18.2 Å². The van der Waals surface area contributed by atoms with E-state index < -0.39 is 0 Å². The number of likely N-dealkylation sites (tertiary alicyclic amines) is 1. The average molecular weight is 375 g/mol. The van der Waals surface area contributed by atoms with Gasteiger partial charge in [-0.2, -0.15) is 0 Å². The number of nitrogens with zero attached hydrogens (tertiary/aromatic N) is 3. The van der Waals surface area contributed by atoms with Crippen molar-refractivity contribution in [3.8, 4) is 0 Å². The number of fused-ring (bicyclic) bond motifs is 1. The molecule has 1 saturated heterocycles. The molecule has 0 bridgehead atoms. The SMILES string of the molecule is COC[C@H](C)n1c(SCC(=O)N2CCCCC2)nc2ccccc2c1=O. The summed E-state index contributed by atoms with van der Waals surface area (Å²) in [6, 6.07) is 7.17. The van der Waals surface area contributed by atoms with Crippen molar-refractivity contribution >= 4 is 28.6 Å². The van der Waals surface area contributed by atoms with Gasteiger partial charge in [0.05, 0.1) is 29.3 Å². The highest BCUT2D eigenvalue weighted by Crippen LogP contribution is 2.22. The Labute approximate surface area is 157 Å². The zero-order valence-electron chi connectivity index (χ0n) is 15.3. The average Bonchev–Trinajstić information content (AvgIpc) is 2.67. The van der Waals surface area contributed by atoms with Crippen molar-refractivity contribution in [2.24, 2.45) is 0 Å². The Balaban J connectivity index is 1.88. The Bertz CT molecular complexity index is 830. The van der Waals surface area contributed by atoms with Gasteiger partial charge in [-0.25, -0.2) is 4.98 Å². The van der Waals surface area contributed by atoms with Crippen LogP contribution in [0.15, 0.2) is 34.2 Å². The lowest BCUT2D eigenvalue weighted by molar-refractivity contribution is -0.129. The minimum atomic E-state index is -0.155. The van der Waals surface area contributed by atoms with Crippen molar-refractivity contribution in [1.29, 1.82) is 0 Å². The molecule has 1 aliphatic heterocycles. The number of carbonyl (C=O) groups excluding carboxylic acids is 1. The van der Waals surface area contributed by atoms with Crippen LogP contribution in [-0.4, -0.2) is 52.9 Å². The third-order valence-corrected chi connectivity index (χ3v) is 5.60. The highest BCUT2D eigenvalue weighted by atomic mass is 32.2. The van der Waals surface area contributed by atoms with Gasteiger partial charge in [-0.1, -0.05) is 23.9 Å². The molecule has 3 rings (SSSR count). The quantitative estimate of drug-likeness (QED) is 0.574. The molecule has 1 fully saturated rings. The van der Waals surface area contributed by atoms with Gasteiger partial charge in [0.25, 0.3) is 5.56 Å². The summed E-state index contributed by atoms with van der Waals surface area (Å²) in [6.07, 6.45) is 3.33. The number of ether oxygens (including phenoxy) is 1. The number of carbonyl (C=O) groups is 1. The molecule has 1 aliphatic rings. The van der Waals surface area contributed by atoms with E-state index in [0.29, 0.717) is 28.4 Å². The van der Waals surface area contributed by atoms with Gasteiger partial charge in [-0.15, -0.1) is 0 Å². The summed E-state index contributed by atoms with van der Waals surface area (Å²) >= 11 is 1.34. The van der Waals surface area contributed by atoms with Crippen LogP contribution in [0.2, 0.25) is 0 Å². The molecular weight excluding hydrogens is 350 g/mol. The monoisotopic (exact) mass is 375 g/mol. The van der Waals surface area contributed by atoms with Gasteiger partial charge in [0, 0.05) is 20.2 Å². The summed E-state index contributed by atoms with van der Waals surface area (Å²) in [4.78, 5) is 32.0. The molecule has 2 aromatic rings. The molecule has 140 valence electrons. The summed E-state index contributed by atoms with van der Waals surface area (Å²) < 4.78 is 6.88. The maximum absolute atomic E-state index is 13.0. The van der Waals surface area contributed by atoms with Crippen molar-refractivity contribution in [2.75, 3.05) is 32.6 Å². The fraction of sp³-hybridized carbons (Fsp3) is 0.526. The molecule has 7 heteroatoms. The Morgan fingerprint density at radius 3 is 2.73 bits per heavy atom. The minimum absolute atomic E-state index is 0.0897. The summed E-state index contributed by atoms with van der Waals surface area (Å²) in [5.41, 5.74) is 0.569. The third kappa shape index (κ3) is 4.10. The molecule has 1 atom stereocenters. The lowest BCUT2D eigenvalue weighted by Gasteiger charge is -2.26. The number of para-hydroxylation sites is 1. The second-order valence-corrected chi connectivity index (χ2v) is 7.56. The first kappa shape index (κ1) is 18.9. The molecule has 2 heterocycles. The van der Waals surface area contributed by atoms with Gasteiger partial charge < -0.3 is 9.64 Å². The molecular formula is C19H25N3O3S. The van der Waals surface area contributed by atoms with Crippen LogP contribution in [0.5, 0.6) is 0 Å². The fourth-order valence-electron chi connectivity index (χ4n) is 3.29. The van der Waals surface area contributed by atoms with E-state index in [2.05, 4.69) is 4.98 Å². The van der Waals surface area contributed by atoms with Gasteiger partial charge in [-0.05, 0) is 38.3 Å². The van der Waals surface area contributed by atoms with Crippen LogP contribution in [-0.2, 0) is 9.53 Å². The molecule has 0 aliphatic carbocycles. The number of methoxy groups -OCH3 is 1. The van der Waals surface area contributed by atoms with Crippen molar-refractivity contribution in [3.05, 3.63) is 34.6 Å². The number of hydrogen-bond acceptors (Lipinski definition) is 5. The second-order valence-electron chi connectivity index (χ2n) is 6.62. The number of thioether (sulfide) groups is 1. The number of benzene rings is 1. The summed E-state index contributed by atoms with van der Waals surface area (Å²) in [6.45, 7) is 4.00. The van der Waals surface area contributed by atoms with E-state index >= 15 is 0 Å². The molecule has 0 saturated carbocycles. The first-order chi connectivity index (χ1) is 12.6. The highest BCUT2D eigenvalue weighted by molar-refractivity contribution is 7.99. The Morgan fingerprint density at radius 2 is 2.00 bits per heavy atom. The highest BCUT2D eigenvalue weighted by Gasteiger charge is 2.20. The Morgan fingerprint density at radius 1 is 1.27 bits per heavy atom. The standard InChI is InChI=1S/C19H25N3O3S/c1-14(12-25-2)22-18(24)15-8-4-5-9-16(15)20-19(22)26-13-17(23)21-10-6-3-7-11-21/h4-5,8-9,14H,3,6-7,10-13H2,1-2H3/t14-/m0/s1. The first-order valence-electron chi connectivity index (χ1n) is 9.02. The Hall–Kier alpha value is -1.86. The first-order valence-corrected chi connectivity index (χ1v) is 10.0. The molecule has 1 aromatic carbocycles. The molecule has 1 aromatic heterocycles. The molecule has 26 heavy (non-hydrogen) atoms. The van der Waals surface area contributed by atoms with Crippen molar-refractivity contribution < 1.29 is 9.53 Å². The van der Waals surface area contributed by atoms with Crippen LogP contribution in [0.25, 0.3) is 10.9 Å². The Kier molecular flexibility index (Phi) is 6.32. The van der Waals surface area contributed by atoms with Gasteiger partial charge in [0.2, 0.25) is 5.91 Å². The summed E-state index contributed by atoms with van der Waals surface area (Å²) in [5, 5.41) is 1.16. The topological polar surface area (TPSA) is 64.4 Å². The number of hydrogen-bond donors (Lipinski definition) is 0. The van der Waals surface area contributed by atoms with E-state index in [1.54, 1.807) is 17.7 Å². The third-order valence-electron chi connectivity index (χ3n) is 4.66. The molecule has 0 unspecified atom stereocenters. The summed E-state index contributed by atoms with van der Waals surface area (Å²) in [5.74, 6) is 0.410. The van der Waals surface area contributed by atoms with Crippen LogP contribution in [0, 0.1) is 0 Å². The molecule has 0 spiro atoms. The minimum Gasteiger partial charge on any atom is -0.383 e. The maximum atomic E-state index is 13.0. The number of rotatable bonds is 6. The molecule has 0 N–H and O–H groups in total. The van der Waals surface area contributed by atoms with Crippen LogP contribution in [0.3, 0.4) is 0 Å². The normalized spacial score (nSPS) is 16.0. The van der Waals surface area contributed by atoms with Crippen LogP contribution in [0.1, 0.15) is 32.2 Å². The van der Waals surface area contributed by atoms with Crippen molar-refractivity contribution in [3.63, 3.8) is 0 Å². The van der Waals surface area contributed by atoms with E-state index in [-0.39, 0.29) is 17.5 Å². The molecule has 6 nitrogen and oxygen atoms in total. The lowest BCUT2D eigenvalue weighted by Crippen LogP contribution is -2.37. The van der Waals surface area contributed by atoms with Crippen LogP contribution >= 0.6 is 11.8 Å². The summed E-state index contributed by atoms with van der Waals surface area (Å²) in [7, 11) is 1.61. The molecule has 1 amide bonds. The molecule has 0 radical (unpaired) electrons. The maximum Gasteiger partial charge on any atom is 0.262 e. The fourth-order valence-corrected chi connectivity index (χ4v) is 4.29. The van der Waals surface area contributed by atoms with Crippen LogP contribution < -0.4 is 5.56 Å². The second kappa shape index (κ2) is 8.68. The van der Waals surface area contributed by atoms with E-state index in [0.717, 1.165) is 25.9 Å². The lowest BCUT2D eigenvalue weighted by atomic mass is 10.1. The van der Waals surface area contributed by atoms with E-state index in [4.69, 9.17) is 4.74 Å². The largest absolute Gasteiger partial charge is 0.383 e. The van der Waals surface area contributed by atoms with Crippen molar-refractivity contribution in [1.82, 2.24) is 14.5 Å². The number of aromatic nitrogens is 2. The smallest absolute Gasteiger partial charge is 0.262 e.